The molecule has 2 aromatic carbocycles. The van der Waals surface area contributed by atoms with E-state index in [9.17, 15) is 22.8 Å². The van der Waals surface area contributed by atoms with Gasteiger partial charge in [0.2, 0.25) is 5.91 Å². The first-order chi connectivity index (χ1) is 17.2. The third-order valence-electron chi connectivity index (χ3n) is 6.81. The number of thioether (sulfide) groups is 1. The molecule has 0 spiro atoms. The predicted molar refractivity (Wildman–Crippen MR) is 135 cm³/mol. The van der Waals surface area contributed by atoms with E-state index < -0.39 is 23.1 Å². The Morgan fingerprint density at radius 2 is 1.86 bits per heavy atom. The third-order valence-corrected chi connectivity index (χ3v) is 7.99. The third kappa shape index (κ3) is 3.97. The minimum Gasteiger partial charge on any atom is -0.350 e. The van der Waals surface area contributed by atoms with Crippen LogP contribution in [0.25, 0.3) is 22.0 Å². The van der Waals surface area contributed by atoms with E-state index >= 15 is 0 Å². The first-order valence-corrected chi connectivity index (χ1v) is 12.7. The number of carbonyl (C=O) groups excluding carboxylic acids is 1. The van der Waals surface area contributed by atoms with E-state index in [0.717, 1.165) is 0 Å². The van der Waals surface area contributed by atoms with E-state index in [1.807, 2.05) is 11.8 Å². The summed E-state index contributed by atoms with van der Waals surface area (Å²) in [5.74, 6) is -1.99. The van der Waals surface area contributed by atoms with Crippen molar-refractivity contribution in [2.24, 2.45) is 0 Å². The van der Waals surface area contributed by atoms with Gasteiger partial charge in [0.05, 0.1) is 11.1 Å². The van der Waals surface area contributed by atoms with E-state index in [0.29, 0.717) is 83.2 Å². The largest absolute Gasteiger partial charge is 0.350 e. The van der Waals surface area contributed by atoms with Gasteiger partial charge in [-0.2, -0.15) is 4.98 Å². The Morgan fingerprint density at radius 1 is 1.14 bits per heavy atom. The number of hydrogen-bond donors (Lipinski definition) is 0. The van der Waals surface area contributed by atoms with Crippen LogP contribution in [0.3, 0.4) is 0 Å². The number of piperazine rings is 1. The maximum absolute atomic E-state index is 14.9. The van der Waals surface area contributed by atoms with Crippen molar-refractivity contribution in [1.82, 2.24) is 14.5 Å². The van der Waals surface area contributed by atoms with Crippen molar-refractivity contribution in [2.75, 3.05) is 30.3 Å². The van der Waals surface area contributed by atoms with Gasteiger partial charge in [0.25, 0.3) is 0 Å². The second kappa shape index (κ2) is 9.31. The Kier molecular flexibility index (Phi) is 6.32. The van der Waals surface area contributed by atoms with Gasteiger partial charge in [0.15, 0.2) is 0 Å². The molecule has 1 saturated heterocycles. The highest BCUT2D eigenvalue weighted by atomic mass is 32.2. The Labute approximate surface area is 210 Å². The van der Waals surface area contributed by atoms with E-state index in [2.05, 4.69) is 11.6 Å². The molecule has 1 aromatic heterocycles. The van der Waals surface area contributed by atoms with E-state index in [4.69, 9.17) is 0 Å². The normalized spacial score (nSPS) is 17.9. The molecule has 1 amide bonds. The van der Waals surface area contributed by atoms with Gasteiger partial charge in [-0.05, 0) is 43.7 Å². The van der Waals surface area contributed by atoms with Crippen LogP contribution < -0.4 is 10.6 Å². The van der Waals surface area contributed by atoms with Gasteiger partial charge in [-0.1, -0.05) is 6.58 Å². The molecule has 2 aliphatic rings. The second-order valence-electron chi connectivity index (χ2n) is 9.14. The lowest BCUT2D eigenvalue weighted by Crippen LogP contribution is -2.54. The maximum atomic E-state index is 14.9. The van der Waals surface area contributed by atoms with Gasteiger partial charge in [-0.15, -0.1) is 11.8 Å². The highest BCUT2D eigenvalue weighted by molar-refractivity contribution is 7.99. The van der Waals surface area contributed by atoms with E-state index in [1.54, 1.807) is 22.5 Å². The molecule has 3 heterocycles. The van der Waals surface area contributed by atoms with Crippen molar-refractivity contribution in [1.29, 1.82) is 0 Å². The standard InChI is InChI=1S/C26H25F3N4O2S/c1-4-20(34)31-7-8-32(15(3)13-31)25-17-10-14(2)21(22-18(28)11-16(27)12-19(22)29)24-23(17)33(26(35)30-25)6-5-9-36-24/h4,10-12,15H,1,5-9,13H2,2-3H3/t15-/m0/s1. The van der Waals surface area contributed by atoms with Crippen molar-refractivity contribution in [3.63, 3.8) is 0 Å². The number of nitrogens with zero attached hydrogens (tertiary/aromatic N) is 4. The number of rotatable bonds is 3. The molecule has 3 aromatic rings. The molecule has 1 fully saturated rings. The summed E-state index contributed by atoms with van der Waals surface area (Å²) in [4.78, 5) is 34.1. The minimum atomic E-state index is -0.990. The molecule has 2 aliphatic heterocycles. The quantitative estimate of drug-likeness (QED) is 0.482. The molecule has 6 nitrogen and oxygen atoms in total. The summed E-state index contributed by atoms with van der Waals surface area (Å²) in [7, 11) is 0. The van der Waals surface area contributed by atoms with Crippen LogP contribution in [-0.4, -0.2) is 51.8 Å². The number of carbonyl (C=O) groups is 1. The van der Waals surface area contributed by atoms with Crippen molar-refractivity contribution in [3.8, 4) is 11.1 Å². The monoisotopic (exact) mass is 514 g/mol. The van der Waals surface area contributed by atoms with E-state index in [1.165, 1.54) is 17.8 Å². The summed E-state index contributed by atoms with van der Waals surface area (Å²) in [5, 5.41) is 0.707. The lowest BCUT2D eigenvalue weighted by molar-refractivity contribution is -0.126. The number of halogens is 3. The molecule has 0 saturated carbocycles. The molecule has 36 heavy (non-hydrogen) atoms. The number of amides is 1. The van der Waals surface area contributed by atoms with Crippen molar-refractivity contribution < 1.29 is 18.0 Å². The zero-order valence-corrected chi connectivity index (χ0v) is 20.8. The van der Waals surface area contributed by atoms with Crippen LogP contribution in [0, 0.1) is 24.4 Å². The summed E-state index contributed by atoms with van der Waals surface area (Å²) in [6.45, 7) is 9.06. The van der Waals surface area contributed by atoms with Crippen LogP contribution in [0.5, 0.6) is 0 Å². The van der Waals surface area contributed by atoms with Crippen LogP contribution in [0.1, 0.15) is 18.9 Å². The van der Waals surface area contributed by atoms with Gasteiger partial charge in [0, 0.05) is 60.2 Å². The molecule has 0 radical (unpaired) electrons. The number of hydrogen-bond acceptors (Lipinski definition) is 5. The van der Waals surface area contributed by atoms with E-state index in [-0.39, 0.29) is 17.5 Å². The number of anilines is 1. The van der Waals surface area contributed by atoms with Crippen molar-refractivity contribution in [3.05, 3.63) is 64.4 Å². The summed E-state index contributed by atoms with van der Waals surface area (Å²) < 4.78 is 45.1. The molecule has 0 N–H and O–H groups in total. The van der Waals surface area contributed by atoms with Crippen LogP contribution in [0.2, 0.25) is 0 Å². The van der Waals surface area contributed by atoms with Crippen LogP contribution in [-0.2, 0) is 11.3 Å². The summed E-state index contributed by atoms with van der Waals surface area (Å²) in [5.41, 5.74) is 0.755. The molecule has 0 aliphatic carbocycles. The van der Waals surface area contributed by atoms with Crippen LogP contribution in [0.15, 0.2) is 40.5 Å². The van der Waals surface area contributed by atoms with Crippen molar-refractivity contribution >= 4 is 34.4 Å². The topological polar surface area (TPSA) is 58.4 Å². The average molecular weight is 515 g/mol. The van der Waals surface area contributed by atoms with Crippen LogP contribution >= 0.6 is 11.8 Å². The summed E-state index contributed by atoms with van der Waals surface area (Å²) in [6, 6.07) is 3.02. The molecular formula is C26H25F3N4O2S. The molecule has 1 atom stereocenters. The van der Waals surface area contributed by atoms with Gasteiger partial charge in [-0.3, -0.25) is 9.36 Å². The van der Waals surface area contributed by atoms with Gasteiger partial charge >= 0.3 is 5.69 Å². The first-order valence-electron chi connectivity index (χ1n) is 11.7. The lowest BCUT2D eigenvalue weighted by Gasteiger charge is -2.40. The molecular weight excluding hydrogens is 489 g/mol. The molecule has 10 heteroatoms. The van der Waals surface area contributed by atoms with Gasteiger partial charge in [-0.25, -0.2) is 18.0 Å². The Balaban J connectivity index is 1.76. The highest BCUT2D eigenvalue weighted by Crippen LogP contribution is 2.45. The Morgan fingerprint density at radius 3 is 2.53 bits per heavy atom. The Hall–Kier alpha value is -3.27. The molecule has 0 unspecified atom stereocenters. The first kappa shape index (κ1) is 24.4. The number of benzene rings is 2. The zero-order chi connectivity index (χ0) is 25.7. The predicted octanol–water partition coefficient (Wildman–Crippen LogP) is 4.51. The summed E-state index contributed by atoms with van der Waals surface area (Å²) >= 11 is 1.43. The molecule has 5 rings (SSSR count). The fourth-order valence-corrected chi connectivity index (χ4v) is 6.42. The minimum absolute atomic E-state index is 0.123. The smallest absolute Gasteiger partial charge is 0.350 e. The zero-order valence-electron chi connectivity index (χ0n) is 20.0. The summed E-state index contributed by atoms with van der Waals surface area (Å²) in [6.07, 6.45) is 1.97. The van der Waals surface area contributed by atoms with Gasteiger partial charge in [0.1, 0.15) is 23.3 Å². The van der Waals surface area contributed by atoms with Gasteiger partial charge < -0.3 is 9.80 Å². The lowest BCUT2D eigenvalue weighted by atomic mass is 9.96. The Bertz CT molecular complexity index is 1450. The van der Waals surface area contributed by atoms with Crippen molar-refractivity contribution in [2.45, 2.75) is 37.8 Å². The maximum Gasteiger partial charge on any atom is 0.350 e. The second-order valence-corrected chi connectivity index (χ2v) is 10.2. The molecule has 0 bridgehead atoms. The highest BCUT2D eigenvalue weighted by Gasteiger charge is 2.31. The van der Waals surface area contributed by atoms with Crippen LogP contribution in [0.4, 0.5) is 19.0 Å². The number of aryl methyl sites for hydroxylation is 2. The number of aromatic nitrogens is 2. The molecule has 188 valence electrons. The SMILES string of the molecule is C=CC(=O)N1CCN(c2nc(=O)n3c4c(c(-c5c(F)cc(F)cc5F)c(C)cc24)SCCC3)[C@@H](C)C1. The fraction of sp³-hybridized carbons (Fsp3) is 0.346. The fourth-order valence-electron chi connectivity index (χ4n) is 5.18. The average Bonchev–Trinajstić information content (AvgIpc) is 3.06.